The van der Waals surface area contributed by atoms with Crippen molar-refractivity contribution in [2.45, 2.75) is 51.2 Å². The van der Waals surface area contributed by atoms with Crippen LogP contribution in [-0.2, 0) is 4.79 Å². The van der Waals surface area contributed by atoms with Crippen LogP contribution < -0.4 is 10.1 Å². The van der Waals surface area contributed by atoms with Gasteiger partial charge in [0.05, 0.1) is 16.2 Å². The Kier molecular flexibility index (Phi) is 7.56. The van der Waals surface area contributed by atoms with Gasteiger partial charge in [-0.2, -0.15) is 4.98 Å². The molecule has 1 saturated heterocycles. The maximum absolute atomic E-state index is 12.2. The number of amides is 3. The van der Waals surface area contributed by atoms with Crippen LogP contribution in [0.15, 0.2) is 36.4 Å². The van der Waals surface area contributed by atoms with E-state index in [1.165, 1.54) is 11.1 Å². The smallest absolute Gasteiger partial charge is 0.319 e. The standard InChI is InChI=1S/C28H33ClN6O3/c1-17(36)30-21-10-8-19(9-11-21)18-4-6-20(7-5-18)25-23(29)16-24-26(32-25)33-27(31-24)38-22-12-14-35(15-13-22)28(37)34(2)3/h4-8,16,21-22H,9-15H2,1-3H3,(H,30,36)(H,31,32,33). The van der Waals surface area contributed by atoms with Gasteiger partial charge in [-0.15, -0.1) is 0 Å². The number of benzene rings is 1. The van der Waals surface area contributed by atoms with Crippen LogP contribution in [0.25, 0.3) is 28.0 Å². The second-order valence-electron chi connectivity index (χ2n) is 10.2. The molecule has 10 heteroatoms. The summed E-state index contributed by atoms with van der Waals surface area (Å²) in [6, 6.07) is 10.7. The number of imidazole rings is 1. The number of fused-ring (bicyclic) bond motifs is 1. The maximum atomic E-state index is 12.2. The SMILES string of the molecule is CC(=O)NC1CC=C(c2ccc(-c3nc4nc(OC5CCN(C(=O)N(C)C)CC5)[nH]c4cc3Cl)cc2)CC1. The van der Waals surface area contributed by atoms with E-state index in [0.29, 0.717) is 41.0 Å². The Balaban J connectivity index is 1.26. The molecule has 0 saturated carbocycles. The largest absolute Gasteiger partial charge is 0.461 e. The fourth-order valence-electron chi connectivity index (χ4n) is 5.12. The number of halogens is 1. The van der Waals surface area contributed by atoms with Crippen molar-refractivity contribution in [2.24, 2.45) is 0 Å². The van der Waals surface area contributed by atoms with Crippen LogP contribution >= 0.6 is 11.6 Å². The van der Waals surface area contributed by atoms with E-state index in [0.717, 1.165) is 37.7 Å². The summed E-state index contributed by atoms with van der Waals surface area (Å²) >= 11 is 6.62. The molecule has 3 aromatic rings. The molecular weight excluding hydrogens is 504 g/mol. The highest BCUT2D eigenvalue weighted by Crippen LogP contribution is 2.32. The number of nitrogens with zero attached hydrogens (tertiary/aromatic N) is 4. The number of ether oxygens (including phenoxy) is 1. The van der Waals surface area contributed by atoms with Gasteiger partial charge in [0.1, 0.15) is 6.10 Å². The van der Waals surface area contributed by atoms with Crippen molar-refractivity contribution >= 4 is 40.3 Å². The summed E-state index contributed by atoms with van der Waals surface area (Å²) in [6.07, 6.45) is 6.39. The molecule has 3 amide bonds. The Labute approximate surface area is 227 Å². The molecule has 200 valence electrons. The Morgan fingerprint density at radius 1 is 1.11 bits per heavy atom. The number of piperidine rings is 1. The fraction of sp³-hybridized carbons (Fsp3) is 0.429. The van der Waals surface area contributed by atoms with Crippen molar-refractivity contribution in [1.82, 2.24) is 30.1 Å². The van der Waals surface area contributed by atoms with E-state index >= 15 is 0 Å². The number of H-pyrrole nitrogens is 1. The number of likely N-dealkylation sites (tertiary alicyclic amines) is 1. The molecule has 2 aliphatic rings. The van der Waals surface area contributed by atoms with Crippen molar-refractivity contribution in [2.75, 3.05) is 27.2 Å². The summed E-state index contributed by atoms with van der Waals surface area (Å²) in [5, 5.41) is 3.53. The Morgan fingerprint density at radius 2 is 1.82 bits per heavy atom. The van der Waals surface area contributed by atoms with Gasteiger partial charge in [0, 0.05) is 58.6 Å². The molecule has 1 aliphatic heterocycles. The second-order valence-corrected chi connectivity index (χ2v) is 10.6. The number of hydrogen-bond donors (Lipinski definition) is 2. The molecule has 38 heavy (non-hydrogen) atoms. The van der Waals surface area contributed by atoms with E-state index < -0.39 is 0 Å². The van der Waals surface area contributed by atoms with Crippen LogP contribution in [0.3, 0.4) is 0 Å². The number of carbonyl (C=O) groups excluding carboxylic acids is 2. The van der Waals surface area contributed by atoms with Crippen molar-refractivity contribution in [1.29, 1.82) is 0 Å². The molecule has 1 unspecified atom stereocenters. The lowest BCUT2D eigenvalue weighted by Crippen LogP contribution is -2.46. The number of carbonyl (C=O) groups is 2. The second kappa shape index (κ2) is 11.0. The van der Waals surface area contributed by atoms with Gasteiger partial charge >= 0.3 is 6.03 Å². The van der Waals surface area contributed by atoms with Gasteiger partial charge < -0.3 is 24.8 Å². The van der Waals surface area contributed by atoms with E-state index in [9.17, 15) is 9.59 Å². The zero-order valence-corrected chi connectivity index (χ0v) is 22.7. The molecule has 0 bridgehead atoms. The van der Waals surface area contributed by atoms with Gasteiger partial charge in [0.15, 0.2) is 5.65 Å². The minimum atomic E-state index is -0.0214. The quantitative estimate of drug-likeness (QED) is 0.484. The molecular formula is C28H33ClN6O3. The zero-order valence-electron chi connectivity index (χ0n) is 22.0. The molecule has 0 spiro atoms. The minimum absolute atomic E-state index is 0.0202. The summed E-state index contributed by atoms with van der Waals surface area (Å²) in [4.78, 5) is 39.4. The first-order valence-corrected chi connectivity index (χ1v) is 13.4. The van der Waals surface area contributed by atoms with Gasteiger partial charge in [-0.05, 0) is 36.5 Å². The lowest BCUT2D eigenvalue weighted by Gasteiger charge is -2.33. The zero-order chi connectivity index (χ0) is 26.8. The lowest BCUT2D eigenvalue weighted by molar-refractivity contribution is -0.119. The molecule has 5 rings (SSSR count). The number of aromatic nitrogens is 3. The normalized spacial score (nSPS) is 18.3. The summed E-state index contributed by atoms with van der Waals surface area (Å²) in [5.74, 6) is 0.0202. The van der Waals surface area contributed by atoms with Gasteiger partial charge in [-0.1, -0.05) is 41.9 Å². The van der Waals surface area contributed by atoms with Crippen LogP contribution in [-0.4, -0.2) is 76.0 Å². The van der Waals surface area contributed by atoms with E-state index in [-0.39, 0.29) is 24.1 Å². The topological polar surface area (TPSA) is 103 Å². The summed E-state index contributed by atoms with van der Waals surface area (Å²) in [5.41, 5.74) is 5.30. The van der Waals surface area contributed by atoms with Crippen LogP contribution in [0.2, 0.25) is 5.02 Å². The molecule has 2 N–H and O–H groups in total. The van der Waals surface area contributed by atoms with E-state index in [1.54, 1.807) is 25.9 Å². The highest BCUT2D eigenvalue weighted by Gasteiger charge is 2.26. The van der Waals surface area contributed by atoms with Gasteiger partial charge in [-0.3, -0.25) is 4.79 Å². The molecule has 1 fully saturated rings. The first kappa shape index (κ1) is 26.0. The van der Waals surface area contributed by atoms with E-state index in [4.69, 9.17) is 21.3 Å². The number of hydrogen-bond acceptors (Lipinski definition) is 5. The third-order valence-corrected chi connectivity index (χ3v) is 7.41. The van der Waals surface area contributed by atoms with Gasteiger partial charge in [0.2, 0.25) is 5.91 Å². The molecule has 9 nitrogen and oxygen atoms in total. The van der Waals surface area contributed by atoms with Crippen LogP contribution in [0, 0.1) is 0 Å². The molecule has 1 atom stereocenters. The van der Waals surface area contributed by atoms with Gasteiger partial charge in [0.25, 0.3) is 6.01 Å². The average Bonchev–Trinajstić information content (AvgIpc) is 3.29. The lowest BCUT2D eigenvalue weighted by atomic mass is 9.90. The molecule has 1 aliphatic carbocycles. The monoisotopic (exact) mass is 536 g/mol. The van der Waals surface area contributed by atoms with E-state index in [1.807, 2.05) is 23.1 Å². The molecule has 1 aromatic carbocycles. The van der Waals surface area contributed by atoms with Crippen LogP contribution in [0.4, 0.5) is 4.79 Å². The first-order chi connectivity index (χ1) is 18.3. The molecule has 2 aromatic heterocycles. The van der Waals surface area contributed by atoms with Crippen molar-refractivity contribution in [3.05, 3.63) is 47.0 Å². The summed E-state index contributed by atoms with van der Waals surface area (Å²) < 4.78 is 6.10. The molecule has 0 radical (unpaired) electrons. The number of aromatic amines is 1. The summed E-state index contributed by atoms with van der Waals surface area (Å²) in [7, 11) is 3.53. The predicted molar refractivity (Wildman–Crippen MR) is 148 cm³/mol. The van der Waals surface area contributed by atoms with Crippen molar-refractivity contribution in [3.63, 3.8) is 0 Å². The first-order valence-electron chi connectivity index (χ1n) is 13.0. The number of pyridine rings is 1. The number of rotatable bonds is 5. The highest BCUT2D eigenvalue weighted by atomic mass is 35.5. The fourth-order valence-corrected chi connectivity index (χ4v) is 5.38. The number of allylic oxidation sites excluding steroid dienone is 1. The van der Waals surface area contributed by atoms with Crippen LogP contribution in [0.5, 0.6) is 6.01 Å². The Hall–Kier alpha value is -3.59. The molecule has 3 heterocycles. The van der Waals surface area contributed by atoms with Crippen molar-refractivity contribution < 1.29 is 14.3 Å². The number of nitrogens with one attached hydrogen (secondary N) is 2. The van der Waals surface area contributed by atoms with E-state index in [2.05, 4.69) is 33.5 Å². The van der Waals surface area contributed by atoms with Gasteiger partial charge in [-0.25, -0.2) is 9.78 Å². The Morgan fingerprint density at radius 3 is 2.45 bits per heavy atom. The number of urea groups is 1. The summed E-state index contributed by atoms with van der Waals surface area (Å²) in [6.45, 7) is 2.87. The third kappa shape index (κ3) is 5.78. The third-order valence-electron chi connectivity index (χ3n) is 7.13. The minimum Gasteiger partial charge on any atom is -0.461 e. The highest BCUT2D eigenvalue weighted by molar-refractivity contribution is 6.33. The maximum Gasteiger partial charge on any atom is 0.319 e. The van der Waals surface area contributed by atoms with Crippen LogP contribution in [0.1, 0.15) is 44.6 Å². The van der Waals surface area contributed by atoms with Crippen molar-refractivity contribution in [3.8, 4) is 17.3 Å². The average molecular weight is 537 g/mol. The Bertz CT molecular complexity index is 1360. The predicted octanol–water partition coefficient (Wildman–Crippen LogP) is 4.88.